The van der Waals surface area contributed by atoms with E-state index >= 15 is 0 Å². The summed E-state index contributed by atoms with van der Waals surface area (Å²) >= 11 is 0. The third kappa shape index (κ3) is 5.11. The van der Waals surface area contributed by atoms with Crippen molar-refractivity contribution in [2.45, 2.75) is 18.2 Å². The van der Waals surface area contributed by atoms with Gasteiger partial charge >= 0.3 is 10.2 Å². The Morgan fingerprint density at radius 1 is 1.03 bits per heavy atom. The number of rotatable bonds is 5. The summed E-state index contributed by atoms with van der Waals surface area (Å²) in [6.07, 6.45) is 4.21. The molecular weight excluding hydrogens is 532 g/mol. The van der Waals surface area contributed by atoms with Crippen molar-refractivity contribution >= 4 is 38.4 Å². The van der Waals surface area contributed by atoms with Gasteiger partial charge in [0.1, 0.15) is 22.7 Å². The molecule has 1 aliphatic rings. The topological polar surface area (TPSA) is 82.7 Å². The minimum Gasteiger partial charge on any atom is -0.339 e. The molecule has 200 valence electrons. The summed E-state index contributed by atoms with van der Waals surface area (Å²) in [5, 5.41) is 6.33. The van der Waals surface area contributed by atoms with Gasteiger partial charge in [0.05, 0.1) is 5.69 Å². The van der Waals surface area contributed by atoms with Crippen LogP contribution in [0.15, 0.2) is 59.8 Å². The fraction of sp³-hybridized carbons (Fsp3) is 0.160. The van der Waals surface area contributed by atoms with Crippen LogP contribution in [0.5, 0.6) is 0 Å². The summed E-state index contributed by atoms with van der Waals surface area (Å²) in [5.74, 6) is -1.59. The first-order valence-corrected chi connectivity index (χ1v) is 13.3. The Bertz CT molecular complexity index is 1620. The zero-order valence-corrected chi connectivity index (χ0v) is 20.6. The Labute approximate surface area is 212 Å². The molecule has 3 heterocycles. The smallest absolute Gasteiger partial charge is 0.310 e. The first-order valence-electron chi connectivity index (χ1n) is 11.4. The van der Waals surface area contributed by atoms with Crippen molar-refractivity contribution in [2.75, 3.05) is 18.4 Å². The third-order valence-corrected chi connectivity index (χ3v) is 7.44. The average Bonchev–Trinajstić information content (AvgIpc) is 3.30. The van der Waals surface area contributed by atoms with Gasteiger partial charge in [-0.1, -0.05) is 25.5 Å². The molecule has 2 aromatic carbocycles. The number of nitrogens with one attached hydrogen (secondary N) is 3. The molecule has 0 atom stereocenters. The molecule has 13 heteroatoms. The summed E-state index contributed by atoms with van der Waals surface area (Å²) in [6.45, 7) is 3.19. The van der Waals surface area contributed by atoms with Gasteiger partial charge in [-0.05, 0) is 73.5 Å². The number of amides is 1. The van der Waals surface area contributed by atoms with Gasteiger partial charge in [-0.2, -0.15) is 0 Å². The number of halogens is 6. The molecule has 3 N–H and O–H groups in total. The van der Waals surface area contributed by atoms with Crippen LogP contribution in [0, 0.1) is 12.7 Å². The minimum atomic E-state index is -9.87. The largest absolute Gasteiger partial charge is 0.339 e. The van der Waals surface area contributed by atoms with Crippen molar-refractivity contribution in [1.29, 1.82) is 0 Å². The molecule has 1 amide bonds. The van der Waals surface area contributed by atoms with E-state index in [1.54, 1.807) is 6.92 Å². The van der Waals surface area contributed by atoms with Crippen molar-refractivity contribution in [3.63, 3.8) is 0 Å². The van der Waals surface area contributed by atoms with Crippen molar-refractivity contribution in [3.8, 4) is 11.3 Å². The summed E-state index contributed by atoms with van der Waals surface area (Å²) < 4.78 is 79.6. The maximum absolute atomic E-state index is 14.7. The van der Waals surface area contributed by atoms with E-state index in [-0.39, 0.29) is 23.4 Å². The second kappa shape index (κ2) is 8.33. The van der Waals surface area contributed by atoms with E-state index in [1.807, 2.05) is 6.07 Å². The van der Waals surface area contributed by atoms with Gasteiger partial charge < -0.3 is 15.6 Å². The molecule has 0 aliphatic carbocycles. The highest BCUT2D eigenvalue weighted by Crippen LogP contribution is 3.02. The molecule has 2 aromatic heterocycles. The first-order chi connectivity index (χ1) is 17.7. The lowest BCUT2D eigenvalue weighted by Gasteiger charge is -2.40. The molecular formula is C25H21F6N5OS. The molecule has 0 unspecified atom stereocenters. The lowest BCUT2D eigenvalue weighted by molar-refractivity contribution is 0.102. The SMILES string of the molecule is Cc1c(NC(=O)c2ccc(S(F)(F)(F)(F)F)cc2)cc(F)cc1-c1ncnc2[nH]c(C3=CCNCC3)cc12. The Kier molecular flexibility index (Phi) is 5.66. The van der Waals surface area contributed by atoms with Crippen molar-refractivity contribution in [2.24, 2.45) is 0 Å². The van der Waals surface area contributed by atoms with E-state index in [1.165, 1.54) is 12.4 Å². The number of nitrogens with zero attached hydrogens (tertiary/aromatic N) is 2. The molecule has 5 rings (SSSR count). The van der Waals surface area contributed by atoms with Gasteiger partial charge in [0.2, 0.25) is 0 Å². The fourth-order valence-electron chi connectivity index (χ4n) is 4.31. The Hall–Kier alpha value is -3.84. The quantitative estimate of drug-likeness (QED) is 0.226. The molecule has 0 bridgehead atoms. The molecule has 6 nitrogen and oxygen atoms in total. The van der Waals surface area contributed by atoms with E-state index < -0.39 is 26.8 Å². The first kappa shape index (κ1) is 25.8. The number of H-pyrrole nitrogens is 1. The van der Waals surface area contributed by atoms with E-state index in [0.29, 0.717) is 40.0 Å². The predicted molar refractivity (Wildman–Crippen MR) is 135 cm³/mol. The molecule has 0 fully saturated rings. The molecule has 1 aliphatic heterocycles. The summed E-state index contributed by atoms with van der Waals surface area (Å²) in [5.41, 5.74) is 3.47. The number of carbonyl (C=O) groups is 1. The van der Waals surface area contributed by atoms with E-state index in [4.69, 9.17) is 0 Å². The molecule has 0 spiro atoms. The Morgan fingerprint density at radius 3 is 2.42 bits per heavy atom. The number of aromatic nitrogens is 3. The second-order valence-electron chi connectivity index (χ2n) is 8.92. The summed E-state index contributed by atoms with van der Waals surface area (Å²) in [6, 6.07) is 5.78. The lowest BCUT2D eigenvalue weighted by Crippen LogP contribution is -2.20. The minimum absolute atomic E-state index is 0.0466. The van der Waals surface area contributed by atoms with Gasteiger partial charge in [-0.25, -0.2) is 14.4 Å². The molecule has 0 saturated heterocycles. The van der Waals surface area contributed by atoms with Crippen molar-refractivity contribution < 1.29 is 28.6 Å². The van der Waals surface area contributed by atoms with Crippen LogP contribution in [0.1, 0.15) is 28.0 Å². The Balaban J connectivity index is 1.49. The number of carbonyl (C=O) groups excluding carboxylic acids is 1. The number of anilines is 1. The molecule has 0 saturated carbocycles. The van der Waals surface area contributed by atoms with Crippen molar-refractivity contribution in [1.82, 2.24) is 20.3 Å². The van der Waals surface area contributed by atoms with Crippen LogP contribution in [0.2, 0.25) is 0 Å². The number of hydrogen-bond acceptors (Lipinski definition) is 4. The number of hydrogen-bond donors (Lipinski definition) is 3. The monoisotopic (exact) mass is 553 g/mol. The van der Waals surface area contributed by atoms with Gasteiger partial charge in [0.25, 0.3) is 5.91 Å². The lowest BCUT2D eigenvalue weighted by atomic mass is 10.00. The second-order valence-corrected chi connectivity index (χ2v) is 11.3. The maximum Gasteiger partial charge on any atom is 0.310 e. The number of aromatic amines is 1. The predicted octanol–water partition coefficient (Wildman–Crippen LogP) is 7.36. The highest BCUT2D eigenvalue weighted by atomic mass is 32.5. The maximum atomic E-state index is 14.7. The van der Waals surface area contributed by atoms with Crippen LogP contribution in [0.3, 0.4) is 0 Å². The van der Waals surface area contributed by atoms with Gasteiger partial charge in [-0.3, -0.25) is 4.79 Å². The zero-order valence-electron chi connectivity index (χ0n) is 19.8. The molecule has 38 heavy (non-hydrogen) atoms. The zero-order chi connectivity index (χ0) is 27.4. The van der Waals surface area contributed by atoms with E-state index in [2.05, 4.69) is 31.7 Å². The van der Waals surface area contributed by atoms with Crippen LogP contribution in [-0.2, 0) is 0 Å². The molecule has 0 radical (unpaired) electrons. The van der Waals surface area contributed by atoms with Crippen LogP contribution in [-0.4, -0.2) is 33.9 Å². The van der Waals surface area contributed by atoms with Gasteiger partial charge in [0.15, 0.2) is 0 Å². The highest BCUT2D eigenvalue weighted by molar-refractivity contribution is 8.45. The van der Waals surface area contributed by atoms with Gasteiger partial charge in [-0.15, -0.1) is 0 Å². The summed E-state index contributed by atoms with van der Waals surface area (Å²) in [7, 11) is -9.87. The normalized spacial score (nSPS) is 16.0. The van der Waals surface area contributed by atoms with Crippen LogP contribution >= 0.6 is 10.2 Å². The molecule has 4 aromatic rings. The van der Waals surface area contributed by atoms with Gasteiger partial charge in [0, 0.05) is 34.4 Å². The van der Waals surface area contributed by atoms with Crippen molar-refractivity contribution in [3.05, 3.63) is 77.5 Å². The standard InChI is InChI=1S/C25H21F6N5OS/c1-14-19(23-20-12-22(15-6-8-32-9-7-15)35-24(20)34-13-33-23)10-17(26)11-21(14)36-25(37)16-2-4-18(5-3-16)38(27,28,29,30)31/h2-6,10-13,32H,7-9H2,1H3,(H,36,37)(H,33,34,35). The fourth-order valence-corrected chi connectivity index (χ4v) is 4.96. The van der Waals surface area contributed by atoms with E-state index in [0.717, 1.165) is 36.8 Å². The number of benzene rings is 2. The number of fused-ring (bicyclic) bond motifs is 1. The average molecular weight is 554 g/mol. The highest BCUT2D eigenvalue weighted by Gasteiger charge is 2.65. The van der Waals surface area contributed by atoms with E-state index in [9.17, 15) is 28.6 Å². The third-order valence-electron chi connectivity index (χ3n) is 6.27. The summed E-state index contributed by atoms with van der Waals surface area (Å²) in [4.78, 5) is 22.5. The van der Waals surface area contributed by atoms with Crippen LogP contribution < -0.4 is 10.6 Å². The van der Waals surface area contributed by atoms with Crippen LogP contribution in [0.25, 0.3) is 27.9 Å². The Morgan fingerprint density at radius 2 is 1.76 bits per heavy atom. The van der Waals surface area contributed by atoms with Crippen LogP contribution in [0.4, 0.5) is 29.5 Å².